The fourth-order valence-electron chi connectivity index (χ4n) is 3.10. The molecule has 0 saturated carbocycles. The fraction of sp³-hybridized carbons (Fsp3) is 0.125. The van der Waals surface area contributed by atoms with Crippen LogP contribution in [-0.4, -0.2) is 34.8 Å². The second kappa shape index (κ2) is 9.73. The minimum Gasteiger partial charge on any atom is -0.497 e. The van der Waals surface area contributed by atoms with E-state index >= 15 is 0 Å². The van der Waals surface area contributed by atoms with Crippen molar-refractivity contribution >= 4 is 17.4 Å². The van der Waals surface area contributed by atoms with Crippen LogP contribution in [0.15, 0.2) is 73.1 Å². The third-order valence-electron chi connectivity index (χ3n) is 4.61. The Bertz CT molecular complexity index is 1220. The van der Waals surface area contributed by atoms with E-state index < -0.39 is 6.03 Å². The molecule has 0 saturated heterocycles. The van der Waals surface area contributed by atoms with Gasteiger partial charge in [0.15, 0.2) is 0 Å². The summed E-state index contributed by atoms with van der Waals surface area (Å²) < 4.78 is 18.2. The van der Waals surface area contributed by atoms with Crippen molar-refractivity contribution in [2.75, 3.05) is 24.9 Å². The van der Waals surface area contributed by atoms with E-state index in [1.165, 1.54) is 0 Å². The van der Waals surface area contributed by atoms with Gasteiger partial charge < -0.3 is 29.4 Å². The number of carbonyl (C=O) groups is 1. The molecule has 0 atom stereocenters. The number of anilines is 2. The summed E-state index contributed by atoms with van der Waals surface area (Å²) in [5.41, 5.74) is 1.14. The van der Waals surface area contributed by atoms with Crippen LogP contribution < -0.4 is 24.8 Å². The monoisotopic (exact) mass is 445 g/mol. The van der Waals surface area contributed by atoms with Crippen LogP contribution in [-0.2, 0) is 0 Å². The molecule has 0 unspecified atom stereocenters. The number of hydrogen-bond acceptors (Lipinski definition) is 6. The second-order valence-corrected chi connectivity index (χ2v) is 7.01. The normalized spacial score (nSPS) is 10.4. The van der Waals surface area contributed by atoms with Gasteiger partial charge in [-0.3, -0.25) is 0 Å². The SMILES string of the molecule is COc1cc(NC(=O)Nc2ccc(Oc3cc(-n4cccc4)nc(C)n3)cc2)cc(OC)c1. The summed E-state index contributed by atoms with van der Waals surface area (Å²) in [6.07, 6.45) is 3.80. The molecular weight excluding hydrogens is 422 g/mol. The molecule has 0 aliphatic rings. The van der Waals surface area contributed by atoms with Gasteiger partial charge in [0.1, 0.15) is 28.9 Å². The molecule has 4 aromatic rings. The number of nitrogens with zero attached hydrogens (tertiary/aromatic N) is 3. The molecule has 2 N–H and O–H groups in total. The van der Waals surface area contributed by atoms with E-state index in [0.717, 1.165) is 0 Å². The zero-order valence-corrected chi connectivity index (χ0v) is 18.4. The number of methoxy groups -OCH3 is 2. The van der Waals surface area contributed by atoms with Crippen molar-refractivity contribution < 1.29 is 19.0 Å². The molecule has 0 spiro atoms. The molecule has 0 aliphatic carbocycles. The van der Waals surface area contributed by atoms with E-state index in [9.17, 15) is 4.79 Å². The molecule has 0 fully saturated rings. The molecule has 0 aliphatic heterocycles. The van der Waals surface area contributed by atoms with E-state index in [-0.39, 0.29) is 0 Å². The molecule has 0 bridgehead atoms. The smallest absolute Gasteiger partial charge is 0.323 e. The Kier molecular flexibility index (Phi) is 6.40. The topological polar surface area (TPSA) is 99.5 Å². The first-order valence-electron chi connectivity index (χ1n) is 10.1. The van der Waals surface area contributed by atoms with E-state index in [1.54, 1.807) is 62.8 Å². The fourth-order valence-corrected chi connectivity index (χ4v) is 3.10. The average molecular weight is 445 g/mol. The highest BCUT2D eigenvalue weighted by atomic mass is 16.5. The maximum atomic E-state index is 12.4. The Balaban J connectivity index is 1.40. The molecule has 2 aromatic heterocycles. The molecule has 2 aromatic carbocycles. The zero-order valence-electron chi connectivity index (χ0n) is 18.4. The van der Waals surface area contributed by atoms with Crippen LogP contribution in [0.5, 0.6) is 23.1 Å². The summed E-state index contributed by atoms with van der Waals surface area (Å²) in [7, 11) is 3.10. The molecule has 2 heterocycles. The van der Waals surface area contributed by atoms with Crippen LogP contribution in [0.1, 0.15) is 5.82 Å². The lowest BCUT2D eigenvalue weighted by molar-refractivity contribution is 0.262. The maximum Gasteiger partial charge on any atom is 0.323 e. The first-order chi connectivity index (χ1) is 16.0. The molecule has 0 radical (unpaired) electrons. The first-order valence-corrected chi connectivity index (χ1v) is 10.1. The van der Waals surface area contributed by atoms with E-state index in [4.69, 9.17) is 14.2 Å². The highest BCUT2D eigenvalue weighted by Gasteiger charge is 2.08. The number of urea groups is 1. The van der Waals surface area contributed by atoms with Crippen molar-refractivity contribution in [3.8, 4) is 28.9 Å². The third-order valence-corrected chi connectivity index (χ3v) is 4.61. The quantitative estimate of drug-likeness (QED) is 0.414. The Hall–Kier alpha value is -4.53. The van der Waals surface area contributed by atoms with Gasteiger partial charge in [-0.05, 0) is 43.3 Å². The largest absolute Gasteiger partial charge is 0.497 e. The van der Waals surface area contributed by atoms with Crippen molar-refractivity contribution in [1.29, 1.82) is 0 Å². The summed E-state index contributed by atoms with van der Waals surface area (Å²) in [5, 5.41) is 5.54. The predicted octanol–water partition coefficient (Wildman–Crippen LogP) is 5.03. The number of nitrogens with one attached hydrogen (secondary N) is 2. The van der Waals surface area contributed by atoms with Crippen LogP contribution in [0.25, 0.3) is 5.82 Å². The van der Waals surface area contributed by atoms with E-state index in [1.807, 2.05) is 36.0 Å². The Morgan fingerprint density at radius 2 is 1.45 bits per heavy atom. The summed E-state index contributed by atoms with van der Waals surface area (Å²) in [6, 6.07) is 17.3. The third kappa shape index (κ3) is 5.59. The van der Waals surface area contributed by atoms with Crippen molar-refractivity contribution in [2.45, 2.75) is 6.92 Å². The van der Waals surface area contributed by atoms with E-state index in [2.05, 4.69) is 20.6 Å². The molecule has 9 heteroatoms. The highest BCUT2D eigenvalue weighted by Crippen LogP contribution is 2.26. The summed E-state index contributed by atoms with van der Waals surface area (Å²) in [4.78, 5) is 21.2. The van der Waals surface area contributed by atoms with Gasteiger partial charge in [-0.2, -0.15) is 4.98 Å². The van der Waals surface area contributed by atoms with Crippen molar-refractivity contribution in [1.82, 2.24) is 14.5 Å². The standard InChI is InChI=1S/C24H23N5O4/c1-16-25-22(29-10-4-5-11-29)15-23(26-16)33-19-8-6-17(7-9-19)27-24(30)28-18-12-20(31-2)14-21(13-18)32-3/h4-15H,1-3H3,(H2,27,28,30). The summed E-state index contributed by atoms with van der Waals surface area (Å²) in [5.74, 6) is 3.47. The van der Waals surface area contributed by atoms with Crippen molar-refractivity contribution in [3.05, 3.63) is 78.9 Å². The first kappa shape index (κ1) is 21.7. The molecule has 168 valence electrons. The van der Waals surface area contributed by atoms with Crippen LogP contribution in [0.2, 0.25) is 0 Å². The van der Waals surface area contributed by atoms with Gasteiger partial charge in [0.05, 0.1) is 14.2 Å². The van der Waals surface area contributed by atoms with E-state index in [0.29, 0.717) is 46.1 Å². The summed E-state index contributed by atoms with van der Waals surface area (Å²) in [6.45, 7) is 1.81. The number of aryl methyl sites for hydroxylation is 1. The maximum absolute atomic E-state index is 12.4. The van der Waals surface area contributed by atoms with Gasteiger partial charge in [-0.1, -0.05) is 0 Å². The number of carbonyl (C=O) groups excluding carboxylic acids is 1. The number of aromatic nitrogens is 3. The second-order valence-electron chi connectivity index (χ2n) is 7.01. The summed E-state index contributed by atoms with van der Waals surface area (Å²) >= 11 is 0. The zero-order chi connectivity index (χ0) is 23.2. The Morgan fingerprint density at radius 3 is 2.09 bits per heavy atom. The lowest BCUT2D eigenvalue weighted by Crippen LogP contribution is -2.19. The van der Waals surface area contributed by atoms with Gasteiger partial charge in [0.25, 0.3) is 0 Å². The predicted molar refractivity (Wildman–Crippen MR) is 125 cm³/mol. The number of benzene rings is 2. The minimum atomic E-state index is -0.401. The number of ether oxygens (including phenoxy) is 3. The van der Waals surface area contributed by atoms with Crippen LogP contribution in [0.4, 0.5) is 16.2 Å². The number of amides is 2. The number of rotatable bonds is 7. The molecule has 4 rings (SSSR count). The molecule has 9 nitrogen and oxygen atoms in total. The lowest BCUT2D eigenvalue weighted by atomic mass is 10.2. The highest BCUT2D eigenvalue weighted by molar-refractivity contribution is 6.00. The van der Waals surface area contributed by atoms with Gasteiger partial charge in [0.2, 0.25) is 5.88 Å². The van der Waals surface area contributed by atoms with Crippen molar-refractivity contribution in [2.24, 2.45) is 0 Å². The number of hydrogen-bond donors (Lipinski definition) is 2. The molecular formula is C24H23N5O4. The Morgan fingerprint density at radius 1 is 0.818 bits per heavy atom. The van der Waals surface area contributed by atoms with Crippen LogP contribution in [0.3, 0.4) is 0 Å². The van der Waals surface area contributed by atoms with Gasteiger partial charge >= 0.3 is 6.03 Å². The van der Waals surface area contributed by atoms with Gasteiger partial charge in [-0.25, -0.2) is 9.78 Å². The minimum absolute atomic E-state index is 0.401. The van der Waals surface area contributed by atoms with Gasteiger partial charge in [0, 0.05) is 48.0 Å². The molecule has 2 amide bonds. The van der Waals surface area contributed by atoms with Crippen LogP contribution >= 0.6 is 0 Å². The van der Waals surface area contributed by atoms with Gasteiger partial charge in [-0.15, -0.1) is 0 Å². The lowest BCUT2D eigenvalue weighted by Gasteiger charge is -2.11. The average Bonchev–Trinajstić information content (AvgIpc) is 3.35. The Labute approximate surface area is 191 Å². The molecule has 33 heavy (non-hydrogen) atoms. The van der Waals surface area contributed by atoms with Crippen LogP contribution in [0, 0.1) is 6.92 Å². The van der Waals surface area contributed by atoms with Crippen molar-refractivity contribution in [3.63, 3.8) is 0 Å².